The Hall–Kier alpha value is -4.41. The molecule has 196 valence electrons. The summed E-state index contributed by atoms with van der Waals surface area (Å²) in [6, 6.07) is 22.7. The highest BCUT2D eigenvalue weighted by molar-refractivity contribution is 8.00. The highest BCUT2D eigenvalue weighted by atomic mass is 32.2. The summed E-state index contributed by atoms with van der Waals surface area (Å²) in [7, 11) is 1.60. The number of hydrogen-bond donors (Lipinski definition) is 3. The van der Waals surface area contributed by atoms with Crippen LogP contribution in [0, 0.1) is 0 Å². The van der Waals surface area contributed by atoms with E-state index in [2.05, 4.69) is 15.6 Å². The molecule has 10 heteroatoms. The number of carboxylic acids is 1. The summed E-state index contributed by atoms with van der Waals surface area (Å²) in [6.45, 7) is 1.81. The molecule has 0 saturated carbocycles. The molecule has 3 N–H and O–H groups in total. The van der Waals surface area contributed by atoms with Crippen LogP contribution in [-0.4, -0.2) is 40.2 Å². The van der Waals surface area contributed by atoms with E-state index >= 15 is 0 Å². The van der Waals surface area contributed by atoms with Crippen LogP contribution < -0.4 is 15.4 Å². The molecule has 0 aliphatic heterocycles. The van der Waals surface area contributed by atoms with Gasteiger partial charge >= 0.3 is 5.97 Å². The number of fused-ring (bicyclic) bond motifs is 2. The van der Waals surface area contributed by atoms with Gasteiger partial charge in [-0.25, -0.2) is 9.78 Å². The van der Waals surface area contributed by atoms with Crippen molar-refractivity contribution in [3.05, 3.63) is 90.0 Å². The molecular formula is C29H23N3O5S2. The Morgan fingerprint density at radius 1 is 0.949 bits per heavy atom. The van der Waals surface area contributed by atoms with E-state index in [0.29, 0.717) is 21.6 Å². The summed E-state index contributed by atoms with van der Waals surface area (Å²) in [5.74, 6) is -0.942. The maximum atomic E-state index is 13.1. The van der Waals surface area contributed by atoms with Gasteiger partial charge in [-0.1, -0.05) is 35.6 Å². The number of nitrogens with one attached hydrogen (secondary N) is 2. The zero-order valence-corrected chi connectivity index (χ0v) is 22.6. The molecule has 5 aromatic rings. The second kappa shape index (κ2) is 11.1. The van der Waals surface area contributed by atoms with Gasteiger partial charge in [-0.3, -0.25) is 9.59 Å². The van der Waals surface area contributed by atoms with Crippen LogP contribution in [0.1, 0.15) is 27.6 Å². The quantitative estimate of drug-likeness (QED) is 0.186. The maximum Gasteiger partial charge on any atom is 0.336 e. The summed E-state index contributed by atoms with van der Waals surface area (Å²) in [5.41, 5.74) is 1.69. The van der Waals surface area contributed by atoms with Crippen LogP contribution in [0.4, 0.5) is 10.8 Å². The zero-order chi connectivity index (χ0) is 27.5. The van der Waals surface area contributed by atoms with Crippen LogP contribution in [0.3, 0.4) is 0 Å². The van der Waals surface area contributed by atoms with Crippen molar-refractivity contribution in [2.45, 2.75) is 17.1 Å². The molecule has 0 radical (unpaired) electrons. The van der Waals surface area contributed by atoms with Gasteiger partial charge in [0.15, 0.2) is 5.13 Å². The monoisotopic (exact) mass is 557 g/mol. The van der Waals surface area contributed by atoms with Gasteiger partial charge in [0.25, 0.3) is 5.91 Å². The number of thiazole rings is 1. The van der Waals surface area contributed by atoms with Crippen molar-refractivity contribution in [3.8, 4) is 5.75 Å². The fourth-order valence-corrected chi connectivity index (χ4v) is 5.84. The van der Waals surface area contributed by atoms with Crippen molar-refractivity contribution in [1.29, 1.82) is 0 Å². The second-order valence-electron chi connectivity index (χ2n) is 8.59. The standard InChI is InChI=1S/C29H23N3O5S2/c1-16(26(33)32-29-31-23-14-11-19(37-2)15-24(23)39-29)38-20-12-9-18(10-13-20)30-27(34)21-7-3-5-17-6-4-8-22(25(17)21)28(35)36/h3-16H,1-2H3,(H,30,34)(H,35,36)(H,31,32,33). The first-order valence-corrected chi connectivity index (χ1v) is 13.6. The van der Waals surface area contributed by atoms with Crippen molar-refractivity contribution < 1.29 is 24.2 Å². The Morgan fingerprint density at radius 2 is 1.67 bits per heavy atom. The number of rotatable bonds is 8. The van der Waals surface area contributed by atoms with Crippen LogP contribution in [0.25, 0.3) is 21.0 Å². The number of ether oxygens (including phenoxy) is 1. The molecule has 1 unspecified atom stereocenters. The molecule has 8 nitrogen and oxygen atoms in total. The second-order valence-corrected chi connectivity index (χ2v) is 11.0. The molecule has 2 amide bonds. The third-order valence-electron chi connectivity index (χ3n) is 6.00. The molecular weight excluding hydrogens is 534 g/mol. The minimum atomic E-state index is -1.09. The van der Waals surface area contributed by atoms with E-state index in [1.165, 1.54) is 29.2 Å². The minimum Gasteiger partial charge on any atom is -0.497 e. The van der Waals surface area contributed by atoms with Gasteiger partial charge < -0.3 is 20.5 Å². The number of thioether (sulfide) groups is 1. The number of nitrogens with zero attached hydrogens (tertiary/aromatic N) is 1. The van der Waals surface area contributed by atoms with E-state index in [9.17, 15) is 19.5 Å². The summed E-state index contributed by atoms with van der Waals surface area (Å²) < 4.78 is 6.16. The Labute approximate surface area is 232 Å². The van der Waals surface area contributed by atoms with Gasteiger partial charge in [0.05, 0.1) is 28.1 Å². The normalized spacial score (nSPS) is 11.7. The first kappa shape index (κ1) is 26.2. The molecule has 0 aliphatic rings. The summed E-state index contributed by atoms with van der Waals surface area (Å²) in [5, 5.41) is 16.5. The molecule has 0 saturated heterocycles. The third-order valence-corrected chi connectivity index (χ3v) is 8.05. The third kappa shape index (κ3) is 5.71. The minimum absolute atomic E-state index is 0.0721. The molecule has 0 aliphatic carbocycles. The van der Waals surface area contributed by atoms with Crippen molar-refractivity contribution in [3.63, 3.8) is 0 Å². The maximum absolute atomic E-state index is 13.1. The van der Waals surface area contributed by atoms with Gasteiger partial charge in [-0.2, -0.15) is 0 Å². The van der Waals surface area contributed by atoms with Crippen LogP contribution >= 0.6 is 23.1 Å². The van der Waals surface area contributed by atoms with Crippen molar-refractivity contribution in [2.75, 3.05) is 17.7 Å². The molecule has 1 heterocycles. The number of aromatic carboxylic acids is 1. The van der Waals surface area contributed by atoms with E-state index in [0.717, 1.165) is 20.9 Å². The number of amides is 2. The van der Waals surface area contributed by atoms with Crippen LogP contribution in [0.15, 0.2) is 83.8 Å². The summed E-state index contributed by atoms with van der Waals surface area (Å²) in [6.07, 6.45) is 0. The van der Waals surface area contributed by atoms with E-state index in [4.69, 9.17) is 4.74 Å². The van der Waals surface area contributed by atoms with Crippen molar-refractivity contribution in [2.24, 2.45) is 0 Å². The number of hydrogen-bond acceptors (Lipinski definition) is 7. The Bertz CT molecular complexity index is 1710. The molecule has 0 spiro atoms. The smallest absolute Gasteiger partial charge is 0.336 e. The van der Waals surface area contributed by atoms with Crippen molar-refractivity contribution in [1.82, 2.24) is 4.98 Å². The molecule has 1 aromatic heterocycles. The van der Waals surface area contributed by atoms with E-state index < -0.39 is 17.1 Å². The molecule has 39 heavy (non-hydrogen) atoms. The Kier molecular flexibility index (Phi) is 7.49. The average molecular weight is 558 g/mol. The first-order chi connectivity index (χ1) is 18.8. The number of aromatic nitrogens is 1. The van der Waals surface area contributed by atoms with Gasteiger partial charge in [0, 0.05) is 21.5 Å². The zero-order valence-electron chi connectivity index (χ0n) is 20.9. The molecule has 0 bridgehead atoms. The predicted octanol–water partition coefficient (Wildman–Crippen LogP) is 6.53. The molecule has 1 atom stereocenters. The van der Waals surface area contributed by atoms with Gasteiger partial charge in [0.2, 0.25) is 5.91 Å². The lowest BCUT2D eigenvalue weighted by atomic mass is 9.98. The average Bonchev–Trinajstić information content (AvgIpc) is 3.34. The number of benzene rings is 4. The largest absolute Gasteiger partial charge is 0.497 e. The summed E-state index contributed by atoms with van der Waals surface area (Å²) in [4.78, 5) is 42.9. The SMILES string of the molecule is COc1ccc2nc(NC(=O)C(C)Sc3ccc(NC(=O)c4cccc5cccc(C(=O)O)c45)cc3)sc2c1. The lowest BCUT2D eigenvalue weighted by Crippen LogP contribution is -2.22. The van der Waals surface area contributed by atoms with E-state index in [-0.39, 0.29) is 17.0 Å². The highest BCUT2D eigenvalue weighted by Gasteiger charge is 2.18. The topological polar surface area (TPSA) is 118 Å². The van der Waals surface area contributed by atoms with Gasteiger partial charge in [0.1, 0.15) is 5.75 Å². The Morgan fingerprint density at radius 3 is 2.36 bits per heavy atom. The highest BCUT2D eigenvalue weighted by Crippen LogP contribution is 2.31. The number of anilines is 2. The number of carbonyl (C=O) groups is 3. The van der Waals surface area contributed by atoms with Crippen LogP contribution in [0.5, 0.6) is 5.75 Å². The molecule has 0 fully saturated rings. The van der Waals surface area contributed by atoms with Gasteiger partial charge in [-0.15, -0.1) is 11.8 Å². The lowest BCUT2D eigenvalue weighted by Gasteiger charge is -2.12. The Balaban J connectivity index is 1.24. The predicted molar refractivity (Wildman–Crippen MR) is 155 cm³/mol. The fraction of sp³-hybridized carbons (Fsp3) is 0.103. The van der Waals surface area contributed by atoms with E-state index in [1.54, 1.807) is 49.6 Å². The van der Waals surface area contributed by atoms with Crippen LogP contribution in [0.2, 0.25) is 0 Å². The fourth-order valence-electron chi connectivity index (χ4n) is 4.07. The molecule has 5 rings (SSSR count). The molecule has 4 aromatic carbocycles. The number of carboxylic acid groups (broad SMARTS) is 1. The number of methoxy groups -OCH3 is 1. The number of carbonyl (C=O) groups excluding carboxylic acids is 2. The first-order valence-electron chi connectivity index (χ1n) is 11.9. The summed E-state index contributed by atoms with van der Waals surface area (Å²) >= 11 is 2.76. The van der Waals surface area contributed by atoms with Crippen molar-refractivity contribution >= 4 is 72.7 Å². The van der Waals surface area contributed by atoms with Crippen LogP contribution in [-0.2, 0) is 4.79 Å². The van der Waals surface area contributed by atoms with E-state index in [1.807, 2.05) is 37.3 Å². The van der Waals surface area contributed by atoms with Gasteiger partial charge in [-0.05, 0) is 66.9 Å². The lowest BCUT2D eigenvalue weighted by molar-refractivity contribution is -0.115.